The number of carboxylic acids is 1. The van der Waals surface area contributed by atoms with Crippen molar-refractivity contribution < 1.29 is 44.6 Å². The lowest BCUT2D eigenvalue weighted by Gasteiger charge is -2.39. The monoisotopic (exact) mass is 388 g/mol. The van der Waals surface area contributed by atoms with Gasteiger partial charge in [0.2, 0.25) is 0 Å². The Labute approximate surface area is 157 Å². The van der Waals surface area contributed by atoms with E-state index in [1.165, 1.54) is 0 Å². The second-order valence-corrected chi connectivity index (χ2v) is 7.03. The Morgan fingerprint density at radius 1 is 1.19 bits per heavy atom. The van der Waals surface area contributed by atoms with Crippen molar-refractivity contribution in [2.24, 2.45) is 11.8 Å². The number of ether oxygens (including phenoxy) is 2. The van der Waals surface area contributed by atoms with Crippen LogP contribution in [0.5, 0.6) is 0 Å². The highest BCUT2D eigenvalue weighted by Crippen LogP contribution is 2.34. The fourth-order valence-electron chi connectivity index (χ4n) is 3.59. The van der Waals surface area contributed by atoms with E-state index >= 15 is 0 Å². The van der Waals surface area contributed by atoms with Crippen LogP contribution in [0.2, 0.25) is 0 Å². The van der Waals surface area contributed by atoms with Crippen LogP contribution in [-0.2, 0) is 19.1 Å². The summed E-state index contributed by atoms with van der Waals surface area (Å²) in [6, 6.07) is 0. The van der Waals surface area contributed by atoms with Crippen LogP contribution in [0.15, 0.2) is 12.2 Å². The number of rotatable bonds is 9. The summed E-state index contributed by atoms with van der Waals surface area (Å²) in [5.41, 5.74) is 0. The van der Waals surface area contributed by atoms with Crippen LogP contribution < -0.4 is 0 Å². The van der Waals surface area contributed by atoms with Gasteiger partial charge in [-0.05, 0) is 25.2 Å². The number of aliphatic hydroxyl groups excluding tert-OH is 4. The summed E-state index contributed by atoms with van der Waals surface area (Å²) in [6.07, 6.45) is -0.898. The molecule has 0 aromatic heterocycles. The smallest absolute Gasteiger partial charge is 0.303 e. The third-order valence-corrected chi connectivity index (χ3v) is 5.15. The predicted molar refractivity (Wildman–Crippen MR) is 91.6 cm³/mol. The van der Waals surface area contributed by atoms with Crippen LogP contribution >= 0.6 is 0 Å². The van der Waals surface area contributed by atoms with Crippen LogP contribution in [0.3, 0.4) is 0 Å². The highest BCUT2D eigenvalue weighted by Gasteiger charge is 2.43. The number of carboxylic acid groups (broad SMARTS) is 1. The number of carbonyl (C=O) groups is 2. The number of allylic oxidation sites excluding steroid dienone is 1. The average Bonchev–Trinajstić information content (AvgIpc) is 2.96. The summed E-state index contributed by atoms with van der Waals surface area (Å²) in [5.74, 6) is -1.17. The lowest BCUT2D eigenvalue weighted by molar-refractivity contribution is -0.300. The Kier molecular flexibility index (Phi) is 8.33. The molecule has 5 unspecified atom stereocenters. The van der Waals surface area contributed by atoms with Crippen molar-refractivity contribution in [3.05, 3.63) is 12.2 Å². The minimum absolute atomic E-state index is 0.00443. The summed E-state index contributed by atoms with van der Waals surface area (Å²) < 4.78 is 10.6. The number of ketones is 1. The van der Waals surface area contributed by atoms with E-state index in [0.29, 0.717) is 25.7 Å². The van der Waals surface area contributed by atoms with Gasteiger partial charge in [-0.1, -0.05) is 12.2 Å². The SMILES string of the molecule is O=C(O)C[C@@H]1CCC(=O)[C@H]1C/C=C\CCOC1OC(CO)C(O)C(O)C1O. The molecule has 1 heterocycles. The van der Waals surface area contributed by atoms with Gasteiger partial charge in [-0.3, -0.25) is 9.59 Å². The van der Waals surface area contributed by atoms with Crippen LogP contribution in [0.25, 0.3) is 0 Å². The number of aliphatic carboxylic acids is 1. The molecule has 2 aliphatic rings. The van der Waals surface area contributed by atoms with Crippen LogP contribution in [-0.4, -0.2) is 81.2 Å². The molecule has 27 heavy (non-hydrogen) atoms. The highest BCUT2D eigenvalue weighted by atomic mass is 16.7. The number of hydrogen-bond acceptors (Lipinski definition) is 8. The van der Waals surface area contributed by atoms with Crippen molar-refractivity contribution in [2.45, 2.75) is 62.8 Å². The molecule has 0 radical (unpaired) electrons. The molecule has 1 aliphatic heterocycles. The van der Waals surface area contributed by atoms with Gasteiger partial charge in [0, 0.05) is 18.8 Å². The molecule has 7 atom stereocenters. The molecule has 1 saturated carbocycles. The lowest BCUT2D eigenvalue weighted by Crippen LogP contribution is -2.59. The largest absolute Gasteiger partial charge is 0.481 e. The van der Waals surface area contributed by atoms with E-state index in [0.717, 1.165) is 0 Å². The van der Waals surface area contributed by atoms with Crippen molar-refractivity contribution in [1.82, 2.24) is 0 Å². The van der Waals surface area contributed by atoms with Crippen molar-refractivity contribution in [3.63, 3.8) is 0 Å². The van der Waals surface area contributed by atoms with E-state index in [4.69, 9.17) is 19.7 Å². The van der Waals surface area contributed by atoms with Gasteiger partial charge in [0.25, 0.3) is 0 Å². The third kappa shape index (κ3) is 5.81. The summed E-state index contributed by atoms with van der Waals surface area (Å²) in [7, 11) is 0. The lowest BCUT2D eigenvalue weighted by atomic mass is 9.89. The highest BCUT2D eigenvalue weighted by molar-refractivity contribution is 5.84. The van der Waals surface area contributed by atoms with Gasteiger partial charge in [-0.15, -0.1) is 0 Å². The molecule has 2 fully saturated rings. The first-order valence-electron chi connectivity index (χ1n) is 9.16. The van der Waals surface area contributed by atoms with Crippen LogP contribution in [0, 0.1) is 11.8 Å². The van der Waals surface area contributed by atoms with Gasteiger partial charge in [0.1, 0.15) is 30.2 Å². The third-order valence-electron chi connectivity index (χ3n) is 5.15. The molecule has 1 aliphatic carbocycles. The van der Waals surface area contributed by atoms with Gasteiger partial charge < -0.3 is 35.0 Å². The molecule has 0 bridgehead atoms. The predicted octanol–water partition coefficient (Wildman–Crippen LogP) is -0.791. The average molecular weight is 388 g/mol. The first kappa shape index (κ1) is 21.9. The summed E-state index contributed by atoms with van der Waals surface area (Å²) in [4.78, 5) is 22.7. The van der Waals surface area contributed by atoms with Gasteiger partial charge in [0.05, 0.1) is 13.2 Å². The molecule has 0 amide bonds. The van der Waals surface area contributed by atoms with Gasteiger partial charge >= 0.3 is 5.97 Å². The van der Waals surface area contributed by atoms with Crippen molar-refractivity contribution >= 4 is 11.8 Å². The molecule has 9 heteroatoms. The zero-order valence-electron chi connectivity index (χ0n) is 15.0. The number of aliphatic hydroxyl groups is 4. The van der Waals surface area contributed by atoms with E-state index in [9.17, 15) is 24.9 Å². The zero-order chi connectivity index (χ0) is 20.0. The summed E-state index contributed by atoms with van der Waals surface area (Å²) >= 11 is 0. The molecule has 1 saturated heterocycles. The minimum atomic E-state index is -1.48. The maximum absolute atomic E-state index is 11.9. The topological polar surface area (TPSA) is 154 Å². The summed E-state index contributed by atoms with van der Waals surface area (Å²) in [6.45, 7) is -0.353. The number of carbonyl (C=O) groups excluding carboxylic acids is 1. The number of hydrogen-bond donors (Lipinski definition) is 5. The van der Waals surface area contributed by atoms with Gasteiger partial charge in [-0.2, -0.15) is 0 Å². The number of Topliss-reactive ketones (excluding diaryl/α,β-unsaturated/α-hetero) is 1. The van der Waals surface area contributed by atoms with Gasteiger partial charge in [-0.25, -0.2) is 0 Å². The Balaban J connectivity index is 1.73. The zero-order valence-corrected chi connectivity index (χ0v) is 15.0. The fraction of sp³-hybridized carbons (Fsp3) is 0.778. The normalized spacial score (nSPS) is 37.2. The van der Waals surface area contributed by atoms with Gasteiger partial charge in [0.15, 0.2) is 6.29 Å². The first-order valence-corrected chi connectivity index (χ1v) is 9.16. The van der Waals surface area contributed by atoms with E-state index in [1.54, 1.807) is 6.08 Å². The van der Waals surface area contributed by atoms with Crippen LogP contribution in [0.4, 0.5) is 0 Å². The molecule has 0 aromatic carbocycles. The molecule has 0 aromatic rings. The molecule has 5 N–H and O–H groups in total. The minimum Gasteiger partial charge on any atom is -0.481 e. The quantitative estimate of drug-likeness (QED) is 0.252. The Morgan fingerprint density at radius 3 is 2.59 bits per heavy atom. The van der Waals surface area contributed by atoms with E-state index in [2.05, 4.69) is 0 Å². The van der Waals surface area contributed by atoms with Crippen molar-refractivity contribution in [1.29, 1.82) is 0 Å². The standard InChI is InChI=1S/C18H28O9/c19-9-13-15(23)16(24)17(25)18(27-13)26-7-3-1-2-4-11-10(8-14(21)22)5-6-12(11)20/h1-2,10-11,13,15-19,23-25H,3-9H2,(H,21,22)/b2-1-/t10-,11-,13?,15?,16?,17?,18?/m0/s1. The van der Waals surface area contributed by atoms with E-state index in [1.807, 2.05) is 6.08 Å². The first-order chi connectivity index (χ1) is 12.8. The van der Waals surface area contributed by atoms with Crippen molar-refractivity contribution in [3.8, 4) is 0 Å². The second-order valence-electron chi connectivity index (χ2n) is 7.03. The molecular formula is C18H28O9. The fourth-order valence-corrected chi connectivity index (χ4v) is 3.59. The Hall–Kier alpha value is -1.36. The molecular weight excluding hydrogens is 360 g/mol. The van der Waals surface area contributed by atoms with Crippen LogP contribution in [0.1, 0.15) is 32.1 Å². The maximum Gasteiger partial charge on any atom is 0.303 e. The second kappa shape index (κ2) is 10.3. The molecule has 9 nitrogen and oxygen atoms in total. The molecule has 2 rings (SSSR count). The van der Waals surface area contributed by atoms with E-state index < -0.39 is 43.3 Å². The summed E-state index contributed by atoms with van der Waals surface area (Å²) in [5, 5.41) is 47.3. The Bertz CT molecular complexity index is 533. The Morgan fingerprint density at radius 2 is 1.93 bits per heavy atom. The van der Waals surface area contributed by atoms with E-state index in [-0.39, 0.29) is 30.6 Å². The molecule has 0 spiro atoms. The molecule has 154 valence electrons. The maximum atomic E-state index is 11.9. The van der Waals surface area contributed by atoms with Crippen molar-refractivity contribution in [2.75, 3.05) is 13.2 Å².